The standard InChI is InChI=1S/C19H21FN2O3/c1-11-3-4-12(9-16(11)20)19(24)22-18(14-7-15(23)8-14)13-5-6-17(25-2)21-10-13/h3-6,9-10,14-15,18,23H,7-8H2,1-2H3,(H,22,24)/t14?,15?,18-/m0/s1. The van der Waals surface area contributed by atoms with E-state index in [9.17, 15) is 14.3 Å². The first-order valence-electron chi connectivity index (χ1n) is 8.23. The van der Waals surface area contributed by atoms with E-state index in [2.05, 4.69) is 10.3 Å². The van der Waals surface area contributed by atoms with Crippen LogP contribution in [0.3, 0.4) is 0 Å². The van der Waals surface area contributed by atoms with Gasteiger partial charge in [-0.2, -0.15) is 0 Å². The Morgan fingerprint density at radius 1 is 1.36 bits per heavy atom. The summed E-state index contributed by atoms with van der Waals surface area (Å²) in [7, 11) is 1.54. The number of halogens is 1. The van der Waals surface area contributed by atoms with Crippen LogP contribution in [-0.2, 0) is 0 Å². The highest BCUT2D eigenvalue weighted by Gasteiger charge is 2.36. The van der Waals surface area contributed by atoms with Crippen LogP contribution in [-0.4, -0.2) is 29.2 Å². The lowest BCUT2D eigenvalue weighted by Gasteiger charge is -2.38. The minimum Gasteiger partial charge on any atom is -0.481 e. The summed E-state index contributed by atoms with van der Waals surface area (Å²) in [5.74, 6) is -0.150. The van der Waals surface area contributed by atoms with Gasteiger partial charge in [0.05, 0.1) is 19.3 Å². The number of aromatic nitrogens is 1. The van der Waals surface area contributed by atoms with Crippen molar-refractivity contribution in [3.63, 3.8) is 0 Å². The second-order valence-corrected chi connectivity index (χ2v) is 6.43. The third kappa shape index (κ3) is 3.79. The number of methoxy groups -OCH3 is 1. The fraction of sp³-hybridized carbons (Fsp3) is 0.368. The summed E-state index contributed by atoms with van der Waals surface area (Å²) < 4.78 is 18.8. The van der Waals surface area contributed by atoms with Crippen LogP contribution in [0, 0.1) is 18.7 Å². The van der Waals surface area contributed by atoms with Gasteiger partial charge < -0.3 is 15.2 Å². The maximum atomic E-state index is 13.7. The number of carbonyl (C=O) groups excluding carboxylic acids is 1. The van der Waals surface area contributed by atoms with Crippen molar-refractivity contribution in [3.05, 3.63) is 59.0 Å². The number of ether oxygens (including phenoxy) is 1. The second kappa shape index (κ2) is 7.19. The molecule has 0 bridgehead atoms. The molecule has 1 aliphatic rings. The molecule has 1 saturated carbocycles. The van der Waals surface area contributed by atoms with Gasteiger partial charge in [0.1, 0.15) is 5.82 Å². The van der Waals surface area contributed by atoms with Crippen LogP contribution in [0.25, 0.3) is 0 Å². The normalized spacial score (nSPS) is 20.5. The van der Waals surface area contributed by atoms with Crippen LogP contribution >= 0.6 is 0 Å². The van der Waals surface area contributed by atoms with Gasteiger partial charge in [-0.15, -0.1) is 0 Å². The minimum absolute atomic E-state index is 0.115. The fourth-order valence-electron chi connectivity index (χ4n) is 3.03. The number of nitrogens with one attached hydrogen (secondary N) is 1. The molecule has 1 fully saturated rings. The number of pyridine rings is 1. The van der Waals surface area contributed by atoms with Crippen LogP contribution in [0.1, 0.15) is 40.4 Å². The maximum absolute atomic E-state index is 13.7. The fourth-order valence-corrected chi connectivity index (χ4v) is 3.03. The van der Waals surface area contributed by atoms with Crippen LogP contribution in [0.4, 0.5) is 4.39 Å². The molecule has 1 aromatic heterocycles. The first-order valence-corrected chi connectivity index (χ1v) is 8.23. The Bertz CT molecular complexity index is 758. The highest BCUT2D eigenvalue weighted by atomic mass is 19.1. The molecule has 2 N–H and O–H groups in total. The molecular formula is C19H21FN2O3. The molecule has 1 amide bonds. The Hall–Kier alpha value is -2.47. The average molecular weight is 344 g/mol. The molecule has 0 radical (unpaired) electrons. The zero-order valence-electron chi connectivity index (χ0n) is 14.2. The van der Waals surface area contributed by atoms with Gasteiger partial charge in [-0.05, 0) is 48.9 Å². The number of carbonyl (C=O) groups is 1. The van der Waals surface area contributed by atoms with E-state index in [-0.39, 0.29) is 29.5 Å². The number of nitrogens with zero attached hydrogens (tertiary/aromatic N) is 1. The van der Waals surface area contributed by atoms with Gasteiger partial charge >= 0.3 is 0 Å². The van der Waals surface area contributed by atoms with Gasteiger partial charge in [0.25, 0.3) is 5.91 Å². The topological polar surface area (TPSA) is 71.5 Å². The number of rotatable bonds is 5. The maximum Gasteiger partial charge on any atom is 0.251 e. The molecule has 1 atom stereocenters. The molecule has 1 aromatic carbocycles. The molecule has 1 aliphatic carbocycles. The predicted molar refractivity (Wildman–Crippen MR) is 90.9 cm³/mol. The van der Waals surface area contributed by atoms with Crippen molar-refractivity contribution in [1.82, 2.24) is 10.3 Å². The number of aryl methyl sites for hydroxylation is 1. The van der Waals surface area contributed by atoms with Gasteiger partial charge in [0.2, 0.25) is 5.88 Å². The number of aliphatic hydroxyl groups is 1. The lowest BCUT2D eigenvalue weighted by Crippen LogP contribution is -2.41. The molecule has 6 heteroatoms. The largest absolute Gasteiger partial charge is 0.481 e. The lowest BCUT2D eigenvalue weighted by molar-refractivity contribution is 0.0234. The average Bonchev–Trinajstić information content (AvgIpc) is 2.59. The first kappa shape index (κ1) is 17.4. The molecule has 3 rings (SSSR count). The Balaban J connectivity index is 1.81. The molecule has 0 aliphatic heterocycles. The zero-order valence-corrected chi connectivity index (χ0v) is 14.2. The molecule has 0 saturated heterocycles. The van der Waals surface area contributed by atoms with E-state index in [1.54, 1.807) is 31.3 Å². The smallest absolute Gasteiger partial charge is 0.251 e. The molecular weight excluding hydrogens is 323 g/mol. The minimum atomic E-state index is -0.408. The van der Waals surface area contributed by atoms with Crippen LogP contribution < -0.4 is 10.1 Å². The van der Waals surface area contributed by atoms with E-state index in [0.29, 0.717) is 24.3 Å². The van der Waals surface area contributed by atoms with Crippen LogP contribution in [0.15, 0.2) is 36.5 Å². The number of hydrogen-bond acceptors (Lipinski definition) is 4. The van der Waals surface area contributed by atoms with Crippen molar-refractivity contribution < 1.29 is 19.0 Å². The predicted octanol–water partition coefficient (Wildman–Crippen LogP) is 2.78. The summed E-state index contributed by atoms with van der Waals surface area (Å²) in [6.45, 7) is 1.65. The quantitative estimate of drug-likeness (QED) is 0.875. The van der Waals surface area contributed by atoms with Gasteiger partial charge in [-0.1, -0.05) is 12.1 Å². The monoisotopic (exact) mass is 344 g/mol. The Labute approximate surface area is 145 Å². The van der Waals surface area contributed by atoms with Crippen LogP contribution in [0.5, 0.6) is 5.88 Å². The summed E-state index contributed by atoms with van der Waals surface area (Å²) in [4.78, 5) is 16.7. The van der Waals surface area contributed by atoms with E-state index in [4.69, 9.17) is 4.74 Å². The van der Waals surface area contributed by atoms with E-state index < -0.39 is 5.82 Å². The van der Waals surface area contributed by atoms with Gasteiger partial charge in [0.15, 0.2) is 0 Å². The molecule has 1 heterocycles. The lowest BCUT2D eigenvalue weighted by atomic mass is 9.75. The molecule has 25 heavy (non-hydrogen) atoms. The third-order valence-electron chi connectivity index (χ3n) is 4.67. The Morgan fingerprint density at radius 3 is 2.68 bits per heavy atom. The number of hydrogen-bond donors (Lipinski definition) is 2. The SMILES string of the molecule is COc1ccc([C@H](NC(=O)c2ccc(C)c(F)c2)C2CC(O)C2)cn1. The Kier molecular flexibility index (Phi) is 4.99. The molecule has 0 spiro atoms. The first-order chi connectivity index (χ1) is 12.0. The van der Waals surface area contributed by atoms with E-state index in [0.717, 1.165) is 5.56 Å². The summed E-state index contributed by atoms with van der Waals surface area (Å²) in [6, 6.07) is 7.71. The van der Waals surface area contributed by atoms with Gasteiger partial charge in [-0.25, -0.2) is 9.37 Å². The van der Waals surface area contributed by atoms with Crippen molar-refractivity contribution in [2.45, 2.75) is 31.9 Å². The van der Waals surface area contributed by atoms with E-state index in [1.165, 1.54) is 13.2 Å². The highest BCUT2D eigenvalue weighted by molar-refractivity contribution is 5.94. The highest BCUT2D eigenvalue weighted by Crippen LogP contribution is 2.38. The van der Waals surface area contributed by atoms with Gasteiger partial charge in [-0.3, -0.25) is 4.79 Å². The van der Waals surface area contributed by atoms with Crippen molar-refractivity contribution in [2.24, 2.45) is 5.92 Å². The summed E-state index contributed by atoms with van der Waals surface area (Å²) >= 11 is 0. The van der Waals surface area contributed by atoms with Gasteiger partial charge in [0, 0.05) is 17.8 Å². The second-order valence-electron chi connectivity index (χ2n) is 6.43. The molecule has 0 unspecified atom stereocenters. The van der Waals surface area contributed by atoms with Crippen LogP contribution in [0.2, 0.25) is 0 Å². The summed E-state index contributed by atoms with van der Waals surface area (Å²) in [6.07, 6.45) is 2.54. The number of amides is 1. The van der Waals surface area contributed by atoms with E-state index in [1.807, 2.05) is 6.07 Å². The molecule has 132 valence electrons. The third-order valence-corrected chi connectivity index (χ3v) is 4.67. The van der Waals surface area contributed by atoms with Crippen molar-refractivity contribution in [3.8, 4) is 5.88 Å². The van der Waals surface area contributed by atoms with Crippen molar-refractivity contribution >= 4 is 5.91 Å². The Morgan fingerprint density at radius 2 is 2.12 bits per heavy atom. The summed E-state index contributed by atoms with van der Waals surface area (Å²) in [5.41, 5.74) is 1.60. The summed E-state index contributed by atoms with van der Waals surface area (Å²) in [5, 5.41) is 12.6. The van der Waals surface area contributed by atoms with Crippen molar-refractivity contribution in [1.29, 1.82) is 0 Å². The number of aliphatic hydroxyl groups excluding tert-OH is 1. The van der Waals surface area contributed by atoms with E-state index >= 15 is 0 Å². The molecule has 5 nitrogen and oxygen atoms in total. The van der Waals surface area contributed by atoms with Crippen molar-refractivity contribution in [2.75, 3.05) is 7.11 Å². The zero-order chi connectivity index (χ0) is 18.0. The molecule has 2 aromatic rings. The number of benzene rings is 1.